The molecule has 0 saturated heterocycles. The predicted molar refractivity (Wildman–Crippen MR) is 63.3 cm³/mol. The molecule has 0 heterocycles. The molecule has 0 atom stereocenters. The van der Waals surface area contributed by atoms with Crippen LogP contribution in [0.4, 0.5) is 0 Å². The topological polar surface area (TPSA) is 24.1 Å². The average molecular weight is 196 g/mol. The molecule has 0 aliphatic rings. The average Bonchev–Trinajstić information content (AvgIpc) is 2.21. The second-order valence-corrected chi connectivity index (χ2v) is 3.41. The van der Waals surface area contributed by atoms with E-state index in [1.807, 2.05) is 0 Å². The van der Waals surface area contributed by atoms with E-state index in [9.17, 15) is 0 Å². The molecule has 0 spiro atoms. The Bertz CT molecular complexity index is 139. The minimum Gasteiger partial charge on any atom is -0.306 e. The Morgan fingerprint density at radius 2 is 1.21 bits per heavy atom. The molecule has 0 aliphatic heterocycles. The predicted octanol–water partition coefficient (Wildman–Crippen LogP) is 1.77. The van der Waals surface area contributed by atoms with Gasteiger partial charge in [0.15, 0.2) is 0 Å². The molecule has 0 aromatic rings. The highest BCUT2D eigenvalue weighted by molar-refractivity contribution is 5.02. The van der Waals surface area contributed by atoms with Crippen molar-refractivity contribution in [3.63, 3.8) is 0 Å². The van der Waals surface area contributed by atoms with Gasteiger partial charge >= 0.3 is 0 Å². The molecular formula is C12H24N2. The van der Waals surface area contributed by atoms with Crippen LogP contribution in [0.2, 0.25) is 0 Å². The molecule has 0 amide bonds. The third-order valence-corrected chi connectivity index (χ3v) is 1.97. The van der Waals surface area contributed by atoms with Gasteiger partial charge in [0.05, 0.1) is 13.1 Å². The monoisotopic (exact) mass is 196 g/mol. The third kappa shape index (κ3) is 11.5. The Morgan fingerprint density at radius 1 is 0.786 bits per heavy atom. The van der Waals surface area contributed by atoms with Gasteiger partial charge in [0.2, 0.25) is 0 Å². The summed E-state index contributed by atoms with van der Waals surface area (Å²) in [6.07, 6.45) is 4.99. The third-order valence-electron chi connectivity index (χ3n) is 1.97. The highest BCUT2D eigenvalue weighted by Crippen LogP contribution is 1.81. The first kappa shape index (κ1) is 13.5. The number of hydrogen-bond acceptors (Lipinski definition) is 2. The van der Waals surface area contributed by atoms with Crippen LogP contribution in [0.25, 0.3) is 0 Å². The van der Waals surface area contributed by atoms with Gasteiger partial charge in [-0.3, -0.25) is 0 Å². The zero-order valence-corrected chi connectivity index (χ0v) is 9.66. The van der Waals surface area contributed by atoms with Gasteiger partial charge in [0.1, 0.15) is 0 Å². The summed E-state index contributed by atoms with van der Waals surface area (Å²) in [5.41, 5.74) is 0. The maximum atomic E-state index is 3.29. The summed E-state index contributed by atoms with van der Waals surface area (Å²) in [7, 11) is 0. The van der Waals surface area contributed by atoms with Crippen molar-refractivity contribution in [3.8, 4) is 11.8 Å². The van der Waals surface area contributed by atoms with Crippen LogP contribution >= 0.6 is 0 Å². The molecule has 0 aromatic heterocycles. The van der Waals surface area contributed by atoms with Gasteiger partial charge in [-0.1, -0.05) is 38.5 Å². The molecule has 0 rings (SSSR count). The fraction of sp³-hybridized carbons (Fsp3) is 0.833. The molecule has 0 unspecified atom stereocenters. The van der Waals surface area contributed by atoms with Crippen molar-refractivity contribution in [2.24, 2.45) is 0 Å². The molecule has 2 nitrogen and oxygen atoms in total. The van der Waals surface area contributed by atoms with Crippen molar-refractivity contribution in [3.05, 3.63) is 0 Å². The van der Waals surface area contributed by atoms with Crippen LogP contribution in [-0.2, 0) is 0 Å². The Labute approximate surface area is 88.9 Å². The standard InChI is InChI=1S/C12H24N2/c1-3-5-9-13-11-7-8-12-14-10-6-4-2/h13-14H,3-6,9-12H2,1-2H3. The first-order chi connectivity index (χ1) is 6.91. The minimum absolute atomic E-state index is 0.829. The van der Waals surface area contributed by atoms with Crippen LogP contribution in [0, 0.1) is 11.8 Å². The SMILES string of the molecule is CCCCNCC#CCNCCCC. The molecule has 2 heteroatoms. The van der Waals surface area contributed by atoms with Gasteiger partial charge in [-0.15, -0.1) is 0 Å². The van der Waals surface area contributed by atoms with Crippen molar-refractivity contribution < 1.29 is 0 Å². The van der Waals surface area contributed by atoms with Crippen molar-refractivity contribution >= 4 is 0 Å². The van der Waals surface area contributed by atoms with E-state index in [2.05, 4.69) is 36.3 Å². The largest absolute Gasteiger partial charge is 0.306 e. The van der Waals surface area contributed by atoms with Crippen LogP contribution in [-0.4, -0.2) is 26.2 Å². The quantitative estimate of drug-likeness (QED) is 0.457. The van der Waals surface area contributed by atoms with Crippen LogP contribution in [0.3, 0.4) is 0 Å². The minimum atomic E-state index is 0.829. The lowest BCUT2D eigenvalue weighted by molar-refractivity contribution is 0.681. The Hall–Kier alpha value is -0.520. The second kappa shape index (κ2) is 12.5. The van der Waals surface area contributed by atoms with Crippen LogP contribution in [0.15, 0.2) is 0 Å². The zero-order valence-electron chi connectivity index (χ0n) is 9.66. The van der Waals surface area contributed by atoms with E-state index in [0.717, 1.165) is 26.2 Å². The Kier molecular flexibility index (Phi) is 12.0. The number of hydrogen-bond donors (Lipinski definition) is 2. The fourth-order valence-corrected chi connectivity index (χ4v) is 1.03. The van der Waals surface area contributed by atoms with Crippen molar-refractivity contribution in [2.75, 3.05) is 26.2 Å². The highest BCUT2D eigenvalue weighted by atomic mass is 14.8. The van der Waals surface area contributed by atoms with Crippen molar-refractivity contribution in [2.45, 2.75) is 39.5 Å². The van der Waals surface area contributed by atoms with Crippen molar-refractivity contribution in [1.29, 1.82) is 0 Å². The highest BCUT2D eigenvalue weighted by Gasteiger charge is 1.82. The molecule has 0 aliphatic carbocycles. The molecule has 14 heavy (non-hydrogen) atoms. The summed E-state index contributed by atoms with van der Waals surface area (Å²) in [5, 5.41) is 6.57. The maximum absolute atomic E-state index is 3.29. The van der Waals surface area contributed by atoms with E-state index >= 15 is 0 Å². The Morgan fingerprint density at radius 3 is 1.57 bits per heavy atom. The van der Waals surface area contributed by atoms with Gasteiger partial charge in [0, 0.05) is 0 Å². The number of rotatable bonds is 8. The summed E-state index contributed by atoms with van der Waals surface area (Å²) >= 11 is 0. The fourth-order valence-electron chi connectivity index (χ4n) is 1.03. The molecule has 2 N–H and O–H groups in total. The van der Waals surface area contributed by atoms with Gasteiger partial charge in [-0.2, -0.15) is 0 Å². The molecule has 0 radical (unpaired) electrons. The summed E-state index contributed by atoms with van der Waals surface area (Å²) in [6, 6.07) is 0. The molecule has 82 valence electrons. The molecule has 0 fully saturated rings. The molecule has 0 saturated carbocycles. The van der Waals surface area contributed by atoms with Crippen LogP contribution < -0.4 is 10.6 Å². The molecular weight excluding hydrogens is 172 g/mol. The number of nitrogens with one attached hydrogen (secondary N) is 2. The van der Waals surface area contributed by atoms with E-state index in [-0.39, 0.29) is 0 Å². The normalized spacial score (nSPS) is 9.57. The zero-order chi connectivity index (χ0) is 10.5. The molecule has 0 bridgehead atoms. The smallest absolute Gasteiger partial charge is 0.0577 e. The summed E-state index contributed by atoms with van der Waals surface area (Å²) in [5.74, 6) is 6.20. The first-order valence-corrected chi connectivity index (χ1v) is 5.79. The van der Waals surface area contributed by atoms with Gasteiger partial charge in [-0.05, 0) is 25.9 Å². The summed E-state index contributed by atoms with van der Waals surface area (Å²) in [4.78, 5) is 0. The van der Waals surface area contributed by atoms with E-state index in [4.69, 9.17) is 0 Å². The summed E-state index contributed by atoms with van der Waals surface area (Å²) in [6.45, 7) is 8.24. The van der Waals surface area contributed by atoms with E-state index in [1.54, 1.807) is 0 Å². The van der Waals surface area contributed by atoms with Crippen molar-refractivity contribution in [1.82, 2.24) is 10.6 Å². The van der Waals surface area contributed by atoms with Crippen LogP contribution in [0.5, 0.6) is 0 Å². The van der Waals surface area contributed by atoms with Gasteiger partial charge in [0.25, 0.3) is 0 Å². The molecule has 0 aromatic carbocycles. The Balaban J connectivity index is 3.03. The lowest BCUT2D eigenvalue weighted by Crippen LogP contribution is -2.17. The number of unbranched alkanes of at least 4 members (excludes halogenated alkanes) is 2. The van der Waals surface area contributed by atoms with E-state index in [1.165, 1.54) is 25.7 Å². The lowest BCUT2D eigenvalue weighted by atomic mass is 10.3. The van der Waals surface area contributed by atoms with E-state index in [0.29, 0.717) is 0 Å². The maximum Gasteiger partial charge on any atom is 0.0577 e. The lowest BCUT2D eigenvalue weighted by Gasteiger charge is -1.97. The van der Waals surface area contributed by atoms with Gasteiger partial charge < -0.3 is 10.6 Å². The second-order valence-electron chi connectivity index (χ2n) is 3.41. The van der Waals surface area contributed by atoms with E-state index < -0.39 is 0 Å². The summed E-state index contributed by atoms with van der Waals surface area (Å²) < 4.78 is 0. The van der Waals surface area contributed by atoms with Gasteiger partial charge in [-0.25, -0.2) is 0 Å². The van der Waals surface area contributed by atoms with Crippen LogP contribution in [0.1, 0.15) is 39.5 Å². The first-order valence-electron chi connectivity index (χ1n) is 5.79.